The maximum atomic E-state index is 14.4. The predicted octanol–water partition coefficient (Wildman–Crippen LogP) is 6.57. The Bertz CT molecular complexity index is 2050. The molecule has 4 fully saturated rings. The lowest BCUT2D eigenvalue weighted by atomic mass is 9.56. The molecule has 9 nitrogen and oxygen atoms in total. The standard InChI is InChI=1S/C43H54N4O5/c1-7-24-17-23-20-43(42(49)52-6)39-28(15-16-47(21-23)40(24)43)27-13-14-34(50-4)36(38(27)45-39)31-18-29-25(8-2)22-46(3)33(35(29)41(48)51-5)19-30-26-11-9-10-12-32(26)44-37(30)31/h9-14,23-25,29,31,33,35,40,44-45H,7-8,15-22H2,1-6H3/t23-,24+,25+,29+,31+,33+,35-,40+,43-/m0/s1. The van der Waals surface area contributed by atoms with Gasteiger partial charge in [0.25, 0.3) is 0 Å². The Morgan fingerprint density at radius 2 is 1.73 bits per heavy atom. The quantitative estimate of drug-likeness (QED) is 0.219. The number of nitrogens with one attached hydrogen (secondary N) is 2. The smallest absolute Gasteiger partial charge is 0.319 e. The van der Waals surface area contributed by atoms with E-state index in [4.69, 9.17) is 14.2 Å². The molecule has 6 heterocycles. The molecule has 0 radical (unpaired) electrons. The molecule has 0 spiro atoms. The van der Waals surface area contributed by atoms with E-state index in [-0.39, 0.29) is 41.8 Å². The fourth-order valence-corrected chi connectivity index (χ4v) is 12.5. The highest BCUT2D eigenvalue weighted by molar-refractivity contribution is 5.95. The molecule has 2 aliphatic carbocycles. The van der Waals surface area contributed by atoms with Crippen LogP contribution in [0.2, 0.25) is 0 Å². The minimum Gasteiger partial charge on any atom is -0.496 e. The van der Waals surface area contributed by atoms with Gasteiger partial charge in [-0.15, -0.1) is 0 Å². The molecule has 6 aliphatic rings. The van der Waals surface area contributed by atoms with Gasteiger partial charge in [-0.2, -0.15) is 0 Å². The van der Waals surface area contributed by atoms with Gasteiger partial charge in [-0.3, -0.25) is 14.5 Å². The molecule has 52 heavy (non-hydrogen) atoms. The summed E-state index contributed by atoms with van der Waals surface area (Å²) in [5.41, 5.74) is 7.31. The summed E-state index contributed by atoms with van der Waals surface area (Å²) < 4.78 is 17.7. The molecule has 2 aromatic heterocycles. The molecule has 9 heteroatoms. The monoisotopic (exact) mass is 706 g/mol. The average Bonchev–Trinajstić information content (AvgIpc) is 3.70. The minimum atomic E-state index is -0.746. The summed E-state index contributed by atoms with van der Waals surface area (Å²) >= 11 is 0. The predicted molar refractivity (Wildman–Crippen MR) is 202 cm³/mol. The van der Waals surface area contributed by atoms with Crippen molar-refractivity contribution in [3.05, 3.63) is 64.5 Å². The number of fused-ring (bicyclic) bond motifs is 9. The highest BCUT2D eigenvalue weighted by Gasteiger charge is 2.63. The Morgan fingerprint density at radius 1 is 0.923 bits per heavy atom. The van der Waals surface area contributed by atoms with Crippen molar-refractivity contribution in [2.75, 3.05) is 48.0 Å². The number of esters is 2. The van der Waals surface area contributed by atoms with Crippen LogP contribution in [0.15, 0.2) is 36.4 Å². The summed E-state index contributed by atoms with van der Waals surface area (Å²) in [5.74, 6) is 1.62. The van der Waals surface area contributed by atoms with E-state index < -0.39 is 5.41 Å². The van der Waals surface area contributed by atoms with E-state index in [1.807, 2.05) is 0 Å². The van der Waals surface area contributed by atoms with Gasteiger partial charge in [0, 0.05) is 70.9 Å². The highest BCUT2D eigenvalue weighted by Crippen LogP contribution is 2.57. The number of piperidine rings is 3. The van der Waals surface area contributed by atoms with Gasteiger partial charge in [0.05, 0.1) is 32.8 Å². The molecule has 6 bridgehead atoms. The van der Waals surface area contributed by atoms with E-state index >= 15 is 0 Å². The number of aromatic nitrogens is 2. The second-order valence-corrected chi connectivity index (χ2v) is 16.7. The van der Waals surface area contributed by atoms with Gasteiger partial charge in [-0.05, 0) is 92.1 Å². The van der Waals surface area contributed by atoms with Crippen LogP contribution in [0, 0.1) is 29.6 Å². The third-order valence-corrected chi connectivity index (χ3v) is 14.6. The van der Waals surface area contributed by atoms with Crippen LogP contribution in [0.1, 0.15) is 79.9 Å². The van der Waals surface area contributed by atoms with Gasteiger partial charge in [0.1, 0.15) is 11.2 Å². The normalized spacial score (nSPS) is 33.8. The third-order valence-electron chi connectivity index (χ3n) is 14.6. The number of nitrogens with zero attached hydrogens (tertiary/aromatic N) is 2. The summed E-state index contributed by atoms with van der Waals surface area (Å²) in [5, 5.41) is 2.38. The van der Waals surface area contributed by atoms with E-state index in [0.29, 0.717) is 17.8 Å². The van der Waals surface area contributed by atoms with E-state index in [9.17, 15) is 9.59 Å². The minimum absolute atomic E-state index is 0.0366. The van der Waals surface area contributed by atoms with E-state index in [1.165, 1.54) is 34.0 Å². The molecular weight excluding hydrogens is 652 g/mol. The Morgan fingerprint density at radius 3 is 2.48 bits per heavy atom. The fraction of sp³-hybridized carbons (Fsp3) is 0.581. The molecule has 10 atom stereocenters. The number of hydrogen-bond acceptors (Lipinski definition) is 7. The maximum Gasteiger partial charge on any atom is 0.319 e. The SMILES string of the molecule is CC[C@@H]1CN(C)[C@@H]2Cc3c([nH]c4ccccc34)[C@@H](c3c(OC)ccc4c5c([nH]c34)[C@@]3(C(=O)OC)C[C@@H]4C[C@@H](CC)[C@H]3N(CC5)C4)C[C@H]1[C@@H]2C(=O)OC. The van der Waals surface area contributed by atoms with Crippen LogP contribution in [0.25, 0.3) is 21.8 Å². The number of carbonyl (C=O) groups excluding carboxylic acids is 2. The zero-order valence-electron chi connectivity index (χ0n) is 31.6. The topological polar surface area (TPSA) is 99.9 Å². The Hall–Kier alpha value is -3.82. The number of carbonyl (C=O) groups is 2. The number of aromatic amines is 2. The molecular formula is C43H54N4O5. The second-order valence-electron chi connectivity index (χ2n) is 16.7. The van der Waals surface area contributed by atoms with Crippen LogP contribution in [-0.2, 0) is 37.3 Å². The number of ether oxygens (including phenoxy) is 3. The molecule has 3 saturated heterocycles. The lowest BCUT2D eigenvalue weighted by Crippen LogP contribution is -2.67. The van der Waals surface area contributed by atoms with Crippen molar-refractivity contribution in [3.63, 3.8) is 0 Å². The van der Waals surface area contributed by atoms with Crippen molar-refractivity contribution in [1.29, 1.82) is 0 Å². The molecule has 0 amide bonds. The second kappa shape index (κ2) is 12.7. The summed E-state index contributed by atoms with van der Waals surface area (Å²) in [4.78, 5) is 41.3. The van der Waals surface area contributed by atoms with Gasteiger partial charge in [0.2, 0.25) is 0 Å². The number of benzene rings is 2. The van der Waals surface area contributed by atoms with Gasteiger partial charge in [0.15, 0.2) is 0 Å². The van der Waals surface area contributed by atoms with Crippen LogP contribution in [0.5, 0.6) is 5.75 Å². The molecule has 4 aliphatic heterocycles. The molecule has 1 saturated carbocycles. The summed E-state index contributed by atoms with van der Waals surface area (Å²) in [6, 6.07) is 13.1. The average molecular weight is 707 g/mol. The van der Waals surface area contributed by atoms with Crippen LogP contribution in [0.4, 0.5) is 0 Å². The summed E-state index contributed by atoms with van der Waals surface area (Å²) in [6.45, 7) is 7.48. The summed E-state index contributed by atoms with van der Waals surface area (Å²) in [7, 11) is 7.06. The highest BCUT2D eigenvalue weighted by atomic mass is 16.5. The van der Waals surface area contributed by atoms with Crippen LogP contribution >= 0.6 is 0 Å². The number of rotatable bonds is 6. The van der Waals surface area contributed by atoms with Gasteiger partial charge in [-0.25, -0.2) is 0 Å². The van der Waals surface area contributed by atoms with Crippen molar-refractivity contribution in [3.8, 4) is 5.75 Å². The number of likely N-dealkylation sites (N-methyl/N-ethyl adjacent to an activating group) is 1. The lowest BCUT2D eigenvalue weighted by Gasteiger charge is -2.57. The third kappa shape index (κ3) is 4.66. The van der Waals surface area contributed by atoms with Crippen LogP contribution in [0.3, 0.4) is 0 Å². The number of likely N-dealkylation sites (tertiary alicyclic amines) is 1. The number of methoxy groups -OCH3 is 3. The van der Waals surface area contributed by atoms with Crippen LogP contribution in [-0.4, -0.2) is 91.8 Å². The van der Waals surface area contributed by atoms with E-state index in [2.05, 4.69) is 77.1 Å². The van der Waals surface area contributed by atoms with Crippen molar-refractivity contribution in [2.24, 2.45) is 29.6 Å². The summed E-state index contributed by atoms with van der Waals surface area (Å²) in [6.07, 6.45) is 6.43. The van der Waals surface area contributed by atoms with Crippen molar-refractivity contribution in [2.45, 2.75) is 82.2 Å². The number of H-pyrrole nitrogens is 2. The first-order valence-corrected chi connectivity index (χ1v) is 19.7. The van der Waals surface area contributed by atoms with E-state index in [1.54, 1.807) is 21.3 Å². The molecule has 10 rings (SSSR count). The largest absolute Gasteiger partial charge is 0.496 e. The fourth-order valence-electron chi connectivity index (χ4n) is 12.5. The van der Waals surface area contributed by atoms with Crippen molar-refractivity contribution in [1.82, 2.24) is 19.8 Å². The number of para-hydroxylation sites is 1. The first kappa shape index (κ1) is 34.0. The van der Waals surface area contributed by atoms with Crippen LogP contribution < -0.4 is 4.74 Å². The molecule has 2 aromatic carbocycles. The lowest BCUT2D eigenvalue weighted by molar-refractivity contribution is -0.162. The molecule has 1 unspecified atom stereocenters. The molecule has 4 aromatic rings. The van der Waals surface area contributed by atoms with Gasteiger partial charge < -0.3 is 29.1 Å². The maximum absolute atomic E-state index is 14.4. The van der Waals surface area contributed by atoms with Gasteiger partial charge in [-0.1, -0.05) is 44.9 Å². The van der Waals surface area contributed by atoms with Crippen molar-refractivity contribution >= 4 is 33.7 Å². The Labute approximate surface area is 306 Å². The van der Waals surface area contributed by atoms with E-state index in [0.717, 1.165) is 86.2 Å². The van der Waals surface area contributed by atoms with Gasteiger partial charge >= 0.3 is 11.9 Å². The Balaban J connectivity index is 1.31. The molecule has 2 N–H and O–H groups in total. The first-order valence-electron chi connectivity index (χ1n) is 19.7. The Kier molecular flexibility index (Phi) is 8.27. The zero-order chi connectivity index (χ0) is 36.1. The molecule has 276 valence electrons. The van der Waals surface area contributed by atoms with Crippen molar-refractivity contribution < 1.29 is 23.8 Å². The number of hydrogen-bond donors (Lipinski definition) is 2. The zero-order valence-corrected chi connectivity index (χ0v) is 31.6. The first-order chi connectivity index (χ1) is 25.3.